The van der Waals surface area contributed by atoms with E-state index in [0.29, 0.717) is 12.0 Å². The molecule has 0 aliphatic heterocycles. The van der Waals surface area contributed by atoms with E-state index in [1.54, 1.807) is 13.0 Å². The zero-order valence-corrected chi connectivity index (χ0v) is 17.9. The van der Waals surface area contributed by atoms with Crippen molar-refractivity contribution in [2.75, 3.05) is 6.61 Å². The third kappa shape index (κ3) is 3.81. The molecule has 1 N–H and O–H groups in total. The smallest absolute Gasteiger partial charge is 0.309 e. The summed E-state index contributed by atoms with van der Waals surface area (Å²) in [7, 11) is -2.23. The van der Waals surface area contributed by atoms with Crippen LogP contribution in [0.3, 0.4) is 0 Å². The highest BCUT2D eigenvalue weighted by atomic mass is 28.4. The van der Waals surface area contributed by atoms with Crippen LogP contribution in [0, 0.1) is 11.7 Å². The van der Waals surface area contributed by atoms with E-state index in [9.17, 15) is 14.3 Å². The molecule has 0 aromatic heterocycles. The van der Waals surface area contributed by atoms with Crippen LogP contribution in [0.2, 0.25) is 18.1 Å². The Morgan fingerprint density at radius 2 is 2.00 bits per heavy atom. The fourth-order valence-corrected chi connectivity index (χ4v) is 4.15. The molecule has 1 aliphatic rings. The Labute approximate surface area is 156 Å². The molecule has 2 unspecified atom stereocenters. The summed E-state index contributed by atoms with van der Waals surface area (Å²) in [6.45, 7) is 14.2. The number of halogens is 1. The van der Waals surface area contributed by atoms with Crippen LogP contribution in [0.4, 0.5) is 4.39 Å². The number of carbonyl (C=O) groups is 1. The van der Waals surface area contributed by atoms with Crippen LogP contribution in [0.25, 0.3) is 0 Å². The lowest BCUT2D eigenvalue weighted by Gasteiger charge is -2.37. The Kier molecular flexibility index (Phi) is 5.60. The second-order valence-corrected chi connectivity index (χ2v) is 13.5. The van der Waals surface area contributed by atoms with E-state index in [4.69, 9.17) is 9.16 Å². The van der Waals surface area contributed by atoms with E-state index in [1.807, 2.05) is 20.0 Å². The first kappa shape index (κ1) is 20.9. The summed E-state index contributed by atoms with van der Waals surface area (Å²) in [5.41, 5.74) is -0.0570. The molecule has 0 amide bonds. The zero-order valence-electron chi connectivity index (χ0n) is 16.9. The van der Waals surface area contributed by atoms with Crippen molar-refractivity contribution in [3.63, 3.8) is 0 Å². The van der Waals surface area contributed by atoms with Crippen molar-refractivity contribution >= 4 is 14.3 Å². The maximum atomic E-state index is 14.6. The van der Waals surface area contributed by atoms with Crippen LogP contribution < -0.4 is 4.43 Å². The quantitative estimate of drug-likeness (QED) is 0.600. The zero-order chi connectivity index (χ0) is 19.9. The first-order chi connectivity index (χ1) is 11.8. The van der Waals surface area contributed by atoms with E-state index in [-0.39, 0.29) is 29.7 Å². The summed E-state index contributed by atoms with van der Waals surface area (Å²) in [6, 6.07) is 3.03. The maximum Gasteiger partial charge on any atom is 0.309 e. The highest BCUT2D eigenvalue weighted by Gasteiger charge is 2.46. The standard InChI is InChI=1S/C20H31FO4Si/c1-8-24-18(22)12-20(23)13(2)9-14-10-16(21)17(11-15(14)20)25-26(6,7)19(3,4)5/h10-11,13,23H,8-9,12H2,1-7H3. The summed E-state index contributed by atoms with van der Waals surface area (Å²) in [6.07, 6.45) is 0.378. The number of rotatable bonds is 5. The summed E-state index contributed by atoms with van der Waals surface area (Å²) < 4.78 is 25.8. The number of ether oxygens (including phenoxy) is 1. The van der Waals surface area contributed by atoms with Gasteiger partial charge in [-0.25, -0.2) is 4.39 Å². The third-order valence-corrected chi connectivity index (χ3v) is 10.2. The van der Waals surface area contributed by atoms with Gasteiger partial charge in [-0.05, 0) is 60.7 Å². The maximum absolute atomic E-state index is 14.6. The minimum absolute atomic E-state index is 0.0764. The van der Waals surface area contributed by atoms with Crippen LogP contribution in [0.15, 0.2) is 12.1 Å². The molecule has 6 heteroatoms. The normalized spacial score (nSPS) is 22.9. The Morgan fingerprint density at radius 1 is 1.38 bits per heavy atom. The Morgan fingerprint density at radius 3 is 2.54 bits per heavy atom. The first-order valence-corrected chi connectivity index (χ1v) is 12.1. The second kappa shape index (κ2) is 6.96. The Bertz CT molecular complexity index is 696. The number of hydrogen-bond acceptors (Lipinski definition) is 4. The highest BCUT2D eigenvalue weighted by molar-refractivity contribution is 6.74. The molecule has 0 heterocycles. The van der Waals surface area contributed by atoms with Crippen LogP contribution in [0.5, 0.6) is 5.75 Å². The molecule has 1 aliphatic carbocycles. The molecule has 0 saturated carbocycles. The van der Waals surface area contributed by atoms with E-state index in [0.717, 1.165) is 5.56 Å². The summed E-state index contributed by atoms with van der Waals surface area (Å²) >= 11 is 0. The SMILES string of the molecule is CCOC(=O)CC1(O)c2cc(O[Si](C)(C)C(C)(C)C)c(F)cc2CC1C. The lowest BCUT2D eigenvalue weighted by Crippen LogP contribution is -2.44. The first-order valence-electron chi connectivity index (χ1n) is 9.21. The van der Waals surface area contributed by atoms with Crippen molar-refractivity contribution in [3.05, 3.63) is 29.1 Å². The van der Waals surface area contributed by atoms with E-state index < -0.39 is 25.7 Å². The van der Waals surface area contributed by atoms with Crippen molar-refractivity contribution in [1.29, 1.82) is 0 Å². The molecule has 0 saturated heterocycles. The van der Waals surface area contributed by atoms with E-state index in [2.05, 4.69) is 20.8 Å². The molecule has 4 nitrogen and oxygen atoms in total. The Hall–Kier alpha value is -1.40. The number of aliphatic hydroxyl groups is 1. The predicted molar refractivity (Wildman–Crippen MR) is 102 cm³/mol. The largest absolute Gasteiger partial charge is 0.542 e. The molecule has 26 heavy (non-hydrogen) atoms. The van der Waals surface area contributed by atoms with Gasteiger partial charge < -0.3 is 14.3 Å². The number of hydrogen-bond donors (Lipinski definition) is 1. The predicted octanol–water partition coefficient (Wildman–Crippen LogP) is 4.54. The molecule has 0 bridgehead atoms. The molecule has 2 rings (SSSR count). The van der Waals surface area contributed by atoms with Crippen LogP contribution in [-0.2, 0) is 21.6 Å². The van der Waals surface area contributed by atoms with Gasteiger partial charge in [0.1, 0.15) is 11.4 Å². The van der Waals surface area contributed by atoms with Gasteiger partial charge in [0.2, 0.25) is 0 Å². The average Bonchev–Trinajstić information content (AvgIpc) is 2.69. The van der Waals surface area contributed by atoms with Gasteiger partial charge in [-0.3, -0.25) is 4.79 Å². The minimum Gasteiger partial charge on any atom is -0.542 e. The lowest BCUT2D eigenvalue weighted by molar-refractivity contribution is -0.151. The van der Waals surface area contributed by atoms with Crippen LogP contribution in [0.1, 0.15) is 52.2 Å². The van der Waals surface area contributed by atoms with Gasteiger partial charge in [-0.2, -0.15) is 0 Å². The van der Waals surface area contributed by atoms with Crippen LogP contribution in [-0.4, -0.2) is 26.0 Å². The number of esters is 1. The number of fused-ring (bicyclic) bond motifs is 1. The minimum atomic E-state index is -2.23. The molecule has 0 spiro atoms. The van der Waals surface area contributed by atoms with Crippen LogP contribution >= 0.6 is 0 Å². The summed E-state index contributed by atoms with van der Waals surface area (Å²) in [4.78, 5) is 12.0. The average molecular weight is 383 g/mol. The van der Waals surface area contributed by atoms with Gasteiger partial charge in [-0.15, -0.1) is 0 Å². The molecule has 1 aromatic rings. The summed E-state index contributed by atoms with van der Waals surface area (Å²) in [5.74, 6) is -0.914. The Balaban J connectivity index is 2.42. The van der Waals surface area contributed by atoms with Gasteiger partial charge >= 0.3 is 5.97 Å². The van der Waals surface area contributed by atoms with E-state index in [1.165, 1.54) is 6.07 Å². The third-order valence-electron chi connectivity index (χ3n) is 5.86. The van der Waals surface area contributed by atoms with Gasteiger partial charge in [-0.1, -0.05) is 27.7 Å². The molecule has 146 valence electrons. The molecule has 2 atom stereocenters. The van der Waals surface area contributed by atoms with Crippen molar-refractivity contribution in [2.24, 2.45) is 5.92 Å². The summed E-state index contributed by atoms with van der Waals surface area (Å²) in [5, 5.41) is 11.1. The fourth-order valence-electron chi connectivity index (χ4n) is 3.14. The highest BCUT2D eigenvalue weighted by Crippen LogP contribution is 2.47. The molecule has 0 fully saturated rings. The molecular formula is C20H31FO4Si. The van der Waals surface area contributed by atoms with Gasteiger partial charge in [0, 0.05) is 0 Å². The van der Waals surface area contributed by atoms with Crippen molar-refractivity contribution in [3.8, 4) is 5.75 Å². The fraction of sp³-hybridized carbons (Fsp3) is 0.650. The number of carbonyl (C=O) groups excluding carboxylic acids is 1. The molecule has 1 aromatic carbocycles. The van der Waals surface area contributed by atoms with Crippen molar-refractivity contribution in [1.82, 2.24) is 0 Å². The second-order valence-electron chi connectivity index (χ2n) is 8.81. The van der Waals surface area contributed by atoms with Gasteiger partial charge in [0.15, 0.2) is 5.82 Å². The number of benzene rings is 1. The van der Waals surface area contributed by atoms with Gasteiger partial charge in [0.05, 0.1) is 13.0 Å². The van der Waals surface area contributed by atoms with E-state index >= 15 is 0 Å². The molecular weight excluding hydrogens is 351 g/mol. The lowest BCUT2D eigenvalue weighted by atomic mass is 9.85. The monoisotopic (exact) mass is 382 g/mol. The van der Waals surface area contributed by atoms with Crippen molar-refractivity contribution < 1.29 is 23.5 Å². The van der Waals surface area contributed by atoms with Crippen molar-refractivity contribution in [2.45, 2.75) is 71.2 Å². The van der Waals surface area contributed by atoms with Gasteiger partial charge in [0.25, 0.3) is 8.32 Å². The topological polar surface area (TPSA) is 55.8 Å². The molecule has 0 radical (unpaired) electrons.